The van der Waals surface area contributed by atoms with Crippen LogP contribution in [0.5, 0.6) is 0 Å². The Kier molecular flexibility index (Phi) is 4.29. The minimum Gasteiger partial charge on any atom is -0.591 e. The van der Waals surface area contributed by atoms with Crippen LogP contribution in [0.1, 0.15) is 26.3 Å². The summed E-state index contributed by atoms with van der Waals surface area (Å²) in [6, 6.07) is 1.51. The summed E-state index contributed by atoms with van der Waals surface area (Å²) in [6.07, 6.45) is 2.58. The molecule has 0 bridgehead atoms. The molecule has 0 aliphatic carbocycles. The summed E-state index contributed by atoms with van der Waals surface area (Å²) in [7, 11) is 0. The standard InChI is InChI=1S/C10H12ClFN2OS/c1-10(2,3)16(15)14-6-7-4-5-13-9(12)8(7)11/h4-6H,1-3H3. The smallest absolute Gasteiger partial charge is 0.232 e. The fourth-order valence-corrected chi connectivity index (χ4v) is 1.48. The first-order valence-electron chi connectivity index (χ1n) is 4.58. The molecule has 0 aromatic carbocycles. The van der Waals surface area contributed by atoms with E-state index in [0.717, 1.165) is 0 Å². The van der Waals surface area contributed by atoms with Crippen molar-refractivity contribution < 1.29 is 8.94 Å². The summed E-state index contributed by atoms with van der Waals surface area (Å²) in [4.78, 5) is 3.38. The van der Waals surface area contributed by atoms with Crippen molar-refractivity contribution in [3.8, 4) is 0 Å². The Labute approximate surface area is 102 Å². The first kappa shape index (κ1) is 13.4. The Morgan fingerprint density at radius 1 is 1.56 bits per heavy atom. The first-order chi connectivity index (χ1) is 7.32. The van der Waals surface area contributed by atoms with Crippen LogP contribution >= 0.6 is 11.6 Å². The normalized spacial score (nSPS) is 14.4. The van der Waals surface area contributed by atoms with Crippen molar-refractivity contribution in [1.29, 1.82) is 0 Å². The lowest BCUT2D eigenvalue weighted by molar-refractivity contribution is 0.561. The third-order valence-corrected chi connectivity index (χ3v) is 3.41. The molecule has 1 rings (SSSR count). The molecule has 0 fully saturated rings. The molecule has 88 valence electrons. The molecule has 1 unspecified atom stereocenters. The predicted octanol–water partition coefficient (Wildman–Crippen LogP) is 2.76. The second-order valence-electron chi connectivity index (χ2n) is 4.10. The van der Waals surface area contributed by atoms with Gasteiger partial charge in [-0.05, 0) is 26.8 Å². The van der Waals surface area contributed by atoms with Crippen LogP contribution in [0.15, 0.2) is 16.7 Å². The first-order valence-corrected chi connectivity index (χ1v) is 6.07. The van der Waals surface area contributed by atoms with Crippen LogP contribution in [-0.4, -0.2) is 20.5 Å². The number of halogens is 2. The summed E-state index contributed by atoms with van der Waals surface area (Å²) < 4.78 is 27.9. The van der Waals surface area contributed by atoms with Gasteiger partial charge in [-0.1, -0.05) is 16.0 Å². The monoisotopic (exact) mass is 262 g/mol. The van der Waals surface area contributed by atoms with Crippen LogP contribution in [0.2, 0.25) is 5.02 Å². The quantitative estimate of drug-likeness (QED) is 0.467. The van der Waals surface area contributed by atoms with Crippen LogP contribution in [0.4, 0.5) is 4.39 Å². The van der Waals surface area contributed by atoms with Gasteiger partial charge < -0.3 is 4.55 Å². The fourth-order valence-electron chi connectivity index (χ4n) is 0.794. The average Bonchev–Trinajstić information content (AvgIpc) is 2.18. The molecule has 1 heterocycles. The molecule has 0 aliphatic heterocycles. The van der Waals surface area contributed by atoms with Gasteiger partial charge in [0.25, 0.3) is 0 Å². The van der Waals surface area contributed by atoms with E-state index in [4.69, 9.17) is 11.6 Å². The second kappa shape index (κ2) is 5.12. The lowest BCUT2D eigenvalue weighted by Gasteiger charge is -2.17. The molecule has 1 aromatic heterocycles. The number of hydrogen-bond acceptors (Lipinski definition) is 3. The van der Waals surface area contributed by atoms with Gasteiger partial charge in [0.05, 0.1) is 6.21 Å². The molecule has 1 atom stereocenters. The van der Waals surface area contributed by atoms with E-state index in [-0.39, 0.29) is 5.02 Å². The Bertz CT molecular complexity index is 406. The third kappa shape index (κ3) is 3.43. The molecule has 0 aliphatic rings. The molecule has 16 heavy (non-hydrogen) atoms. The van der Waals surface area contributed by atoms with Crippen LogP contribution in [-0.2, 0) is 11.4 Å². The molecular weight excluding hydrogens is 251 g/mol. The van der Waals surface area contributed by atoms with Crippen molar-refractivity contribution in [2.75, 3.05) is 0 Å². The third-order valence-electron chi connectivity index (χ3n) is 1.69. The highest BCUT2D eigenvalue weighted by molar-refractivity contribution is 7.91. The molecule has 3 nitrogen and oxygen atoms in total. The van der Waals surface area contributed by atoms with Crippen molar-refractivity contribution in [2.45, 2.75) is 25.5 Å². The molecule has 0 saturated carbocycles. The highest BCUT2D eigenvalue weighted by Crippen LogP contribution is 2.19. The highest BCUT2D eigenvalue weighted by Gasteiger charge is 2.25. The maximum atomic E-state index is 13.0. The minimum atomic E-state index is -1.38. The van der Waals surface area contributed by atoms with Gasteiger partial charge in [-0.15, -0.1) is 0 Å². The minimum absolute atomic E-state index is 0.114. The molecule has 0 spiro atoms. The summed E-state index contributed by atoms with van der Waals surface area (Å²) in [5.74, 6) is -0.757. The van der Waals surface area contributed by atoms with E-state index in [1.165, 1.54) is 18.5 Å². The van der Waals surface area contributed by atoms with Gasteiger partial charge in [0.2, 0.25) is 5.95 Å². The molecule has 1 aromatic rings. The van der Waals surface area contributed by atoms with Gasteiger partial charge in [-0.3, -0.25) is 0 Å². The SMILES string of the molecule is CC(C)(C)[S+]([O-])N=Cc1ccnc(F)c1Cl. The molecule has 6 heteroatoms. The van der Waals surface area contributed by atoms with E-state index in [1.807, 2.05) is 0 Å². The number of hydrogen-bond donors (Lipinski definition) is 0. The molecule has 0 radical (unpaired) electrons. The Morgan fingerprint density at radius 3 is 2.75 bits per heavy atom. The van der Waals surface area contributed by atoms with Crippen molar-refractivity contribution in [1.82, 2.24) is 4.98 Å². The van der Waals surface area contributed by atoms with Crippen LogP contribution in [0, 0.1) is 5.95 Å². The van der Waals surface area contributed by atoms with Crippen LogP contribution in [0.25, 0.3) is 0 Å². The summed E-state index contributed by atoms with van der Waals surface area (Å²) >= 11 is 4.28. The number of nitrogens with zero attached hydrogens (tertiary/aromatic N) is 2. The second-order valence-corrected chi connectivity index (χ2v) is 6.41. The molecule has 0 N–H and O–H groups in total. The zero-order chi connectivity index (χ0) is 12.3. The van der Waals surface area contributed by atoms with Gasteiger partial charge in [0, 0.05) is 11.8 Å². The fraction of sp³-hybridized carbons (Fsp3) is 0.400. The van der Waals surface area contributed by atoms with E-state index in [9.17, 15) is 8.94 Å². The van der Waals surface area contributed by atoms with E-state index in [0.29, 0.717) is 5.56 Å². The van der Waals surface area contributed by atoms with Gasteiger partial charge >= 0.3 is 0 Å². The van der Waals surface area contributed by atoms with Gasteiger partial charge in [-0.25, -0.2) is 4.98 Å². The van der Waals surface area contributed by atoms with Gasteiger partial charge in [0.15, 0.2) is 0 Å². The van der Waals surface area contributed by atoms with Crippen LogP contribution in [0.3, 0.4) is 0 Å². The van der Waals surface area contributed by atoms with E-state index in [2.05, 4.69) is 9.38 Å². The summed E-state index contributed by atoms with van der Waals surface area (Å²) in [5.41, 5.74) is 0.367. The number of aromatic nitrogens is 1. The molecular formula is C10H12ClFN2OS. The Hall–Kier alpha value is -0.650. The van der Waals surface area contributed by atoms with Crippen LogP contribution < -0.4 is 0 Å². The van der Waals surface area contributed by atoms with E-state index in [1.54, 1.807) is 20.8 Å². The average molecular weight is 263 g/mol. The predicted molar refractivity (Wildman–Crippen MR) is 64.7 cm³/mol. The maximum absolute atomic E-state index is 13.0. The zero-order valence-corrected chi connectivity index (χ0v) is 10.8. The molecule has 0 saturated heterocycles. The number of pyridine rings is 1. The Balaban J connectivity index is 2.89. The van der Waals surface area contributed by atoms with Crippen molar-refractivity contribution >= 4 is 29.2 Å². The zero-order valence-electron chi connectivity index (χ0n) is 9.20. The van der Waals surface area contributed by atoms with Gasteiger partial charge in [0.1, 0.15) is 21.1 Å². The lowest BCUT2D eigenvalue weighted by atomic mass is 10.3. The summed E-state index contributed by atoms with van der Waals surface area (Å²) in [5, 5.41) is -0.114. The molecule has 0 amide bonds. The summed E-state index contributed by atoms with van der Waals surface area (Å²) in [6.45, 7) is 5.40. The van der Waals surface area contributed by atoms with Gasteiger partial charge in [-0.2, -0.15) is 4.39 Å². The highest BCUT2D eigenvalue weighted by atomic mass is 35.5. The van der Waals surface area contributed by atoms with Crippen molar-refractivity contribution in [3.63, 3.8) is 0 Å². The van der Waals surface area contributed by atoms with Crippen molar-refractivity contribution in [2.24, 2.45) is 4.40 Å². The topological polar surface area (TPSA) is 48.3 Å². The largest absolute Gasteiger partial charge is 0.591 e. The maximum Gasteiger partial charge on any atom is 0.232 e. The van der Waals surface area contributed by atoms with E-state index >= 15 is 0 Å². The van der Waals surface area contributed by atoms with Crippen molar-refractivity contribution in [3.05, 3.63) is 28.8 Å². The number of rotatable bonds is 2. The lowest BCUT2D eigenvalue weighted by Crippen LogP contribution is -2.25. The Morgan fingerprint density at radius 2 is 2.19 bits per heavy atom. The van der Waals surface area contributed by atoms with E-state index < -0.39 is 22.1 Å².